The number of hydrogen-bond acceptors (Lipinski definition) is 2. The van der Waals surface area contributed by atoms with E-state index in [2.05, 4.69) is 44.2 Å². The molecule has 0 N–H and O–H groups in total. The number of benzene rings is 1. The maximum absolute atomic E-state index is 5.66. The molecule has 0 fully saturated rings. The first-order valence-electron chi connectivity index (χ1n) is 7.14. The molecular formula is C15H26O2Si. The second kappa shape index (κ2) is 10.3. The van der Waals surface area contributed by atoms with Crippen molar-refractivity contribution in [3.05, 3.63) is 35.9 Å². The molecule has 0 spiro atoms. The zero-order chi connectivity index (χ0) is 13.1. The first-order chi connectivity index (χ1) is 8.86. The van der Waals surface area contributed by atoms with Crippen molar-refractivity contribution in [2.24, 2.45) is 0 Å². The van der Waals surface area contributed by atoms with Crippen molar-refractivity contribution in [1.29, 1.82) is 0 Å². The van der Waals surface area contributed by atoms with Crippen LogP contribution in [-0.4, -0.2) is 22.5 Å². The molecule has 0 radical (unpaired) electrons. The summed E-state index contributed by atoms with van der Waals surface area (Å²) >= 11 is 0. The van der Waals surface area contributed by atoms with Gasteiger partial charge in [0.15, 0.2) is 0 Å². The predicted molar refractivity (Wildman–Crippen MR) is 79.2 cm³/mol. The van der Waals surface area contributed by atoms with E-state index in [9.17, 15) is 0 Å². The lowest BCUT2D eigenvalue weighted by Gasteiger charge is -2.14. The Labute approximate surface area is 113 Å². The van der Waals surface area contributed by atoms with Crippen molar-refractivity contribution in [2.45, 2.75) is 45.6 Å². The molecule has 0 aliphatic carbocycles. The summed E-state index contributed by atoms with van der Waals surface area (Å²) in [6.07, 6.45) is 4.97. The Morgan fingerprint density at radius 1 is 0.889 bits per heavy atom. The average Bonchev–Trinajstić information content (AvgIpc) is 2.40. The van der Waals surface area contributed by atoms with E-state index in [1.807, 2.05) is 0 Å². The van der Waals surface area contributed by atoms with Crippen LogP contribution in [0.15, 0.2) is 30.3 Å². The van der Waals surface area contributed by atoms with Gasteiger partial charge in [0.2, 0.25) is 0 Å². The van der Waals surface area contributed by atoms with Crippen LogP contribution in [0.25, 0.3) is 0 Å². The molecule has 0 saturated heterocycles. The van der Waals surface area contributed by atoms with E-state index in [0.717, 1.165) is 19.3 Å². The Bertz CT molecular complexity index is 284. The third-order valence-corrected chi connectivity index (χ3v) is 5.24. The Morgan fingerprint density at radius 3 is 2.17 bits per heavy atom. The third kappa shape index (κ3) is 6.94. The van der Waals surface area contributed by atoms with Crippen molar-refractivity contribution in [2.75, 3.05) is 13.2 Å². The van der Waals surface area contributed by atoms with Crippen LogP contribution in [0, 0.1) is 0 Å². The fourth-order valence-electron chi connectivity index (χ4n) is 2.05. The van der Waals surface area contributed by atoms with Gasteiger partial charge in [0, 0.05) is 13.2 Å². The van der Waals surface area contributed by atoms with Crippen molar-refractivity contribution < 1.29 is 8.85 Å². The molecule has 0 aliphatic heterocycles. The molecular weight excluding hydrogens is 240 g/mol. The van der Waals surface area contributed by atoms with E-state index in [1.165, 1.54) is 31.2 Å². The minimum absolute atomic E-state index is 0.793. The number of aryl methyl sites for hydroxylation is 1. The van der Waals surface area contributed by atoms with Gasteiger partial charge in [-0.1, -0.05) is 43.2 Å². The average molecular weight is 266 g/mol. The highest BCUT2D eigenvalue weighted by Crippen LogP contribution is 2.10. The molecule has 0 aliphatic rings. The van der Waals surface area contributed by atoms with Crippen LogP contribution in [0.5, 0.6) is 0 Å². The van der Waals surface area contributed by atoms with Crippen molar-refractivity contribution >= 4 is 9.28 Å². The standard InChI is InChI=1S/C15H26O2Si/c1-3-16-18(17-4-2)14-10-6-9-13-15-11-7-5-8-12-15/h5,7-8,11-12,18H,3-4,6,9-10,13-14H2,1-2H3. The van der Waals surface area contributed by atoms with Crippen molar-refractivity contribution in [3.8, 4) is 0 Å². The van der Waals surface area contributed by atoms with E-state index < -0.39 is 9.28 Å². The highest BCUT2D eigenvalue weighted by Gasteiger charge is 2.10. The Balaban J connectivity index is 2.06. The van der Waals surface area contributed by atoms with Crippen molar-refractivity contribution in [1.82, 2.24) is 0 Å². The van der Waals surface area contributed by atoms with Gasteiger partial charge in [0.05, 0.1) is 0 Å². The van der Waals surface area contributed by atoms with Gasteiger partial charge in [-0.3, -0.25) is 0 Å². The molecule has 0 aromatic heterocycles. The van der Waals surface area contributed by atoms with E-state index in [-0.39, 0.29) is 0 Å². The molecule has 0 saturated carbocycles. The summed E-state index contributed by atoms with van der Waals surface area (Å²) in [7, 11) is -1.35. The van der Waals surface area contributed by atoms with Crippen LogP contribution in [0.1, 0.15) is 38.7 Å². The lowest BCUT2D eigenvalue weighted by Crippen LogP contribution is -2.22. The maximum atomic E-state index is 5.66. The van der Waals surface area contributed by atoms with Gasteiger partial charge in [0.25, 0.3) is 0 Å². The lowest BCUT2D eigenvalue weighted by molar-refractivity contribution is 0.212. The summed E-state index contributed by atoms with van der Waals surface area (Å²) in [4.78, 5) is 0. The van der Waals surface area contributed by atoms with Crippen LogP contribution < -0.4 is 0 Å². The highest BCUT2D eigenvalue weighted by molar-refractivity contribution is 6.44. The zero-order valence-electron chi connectivity index (χ0n) is 11.7. The van der Waals surface area contributed by atoms with E-state index in [1.54, 1.807) is 0 Å². The highest BCUT2D eigenvalue weighted by atomic mass is 28.3. The summed E-state index contributed by atoms with van der Waals surface area (Å²) in [6, 6.07) is 11.9. The van der Waals surface area contributed by atoms with Gasteiger partial charge in [-0.25, -0.2) is 0 Å². The van der Waals surface area contributed by atoms with Crippen LogP contribution in [0.3, 0.4) is 0 Å². The Morgan fingerprint density at radius 2 is 1.56 bits per heavy atom. The Hall–Kier alpha value is -0.643. The molecule has 1 aromatic rings. The van der Waals surface area contributed by atoms with Gasteiger partial charge in [-0.15, -0.1) is 0 Å². The third-order valence-electron chi connectivity index (χ3n) is 2.95. The van der Waals surface area contributed by atoms with E-state index in [4.69, 9.17) is 8.85 Å². The topological polar surface area (TPSA) is 18.5 Å². The maximum Gasteiger partial charge on any atom is 0.321 e. The van der Waals surface area contributed by atoms with E-state index >= 15 is 0 Å². The van der Waals surface area contributed by atoms with Gasteiger partial charge >= 0.3 is 9.28 Å². The minimum Gasteiger partial charge on any atom is -0.397 e. The minimum atomic E-state index is -1.35. The quantitative estimate of drug-likeness (QED) is 0.475. The lowest BCUT2D eigenvalue weighted by atomic mass is 10.1. The fourth-order valence-corrected chi connectivity index (χ4v) is 3.84. The van der Waals surface area contributed by atoms with Gasteiger partial charge in [-0.05, 0) is 38.3 Å². The van der Waals surface area contributed by atoms with Gasteiger partial charge in [-0.2, -0.15) is 0 Å². The van der Waals surface area contributed by atoms with Crippen molar-refractivity contribution in [3.63, 3.8) is 0 Å². The molecule has 0 amide bonds. The Kier molecular flexibility index (Phi) is 8.82. The SMILES string of the molecule is CCO[SiH](CCCCCc1ccccc1)OCC. The molecule has 18 heavy (non-hydrogen) atoms. The summed E-state index contributed by atoms with van der Waals surface area (Å²) in [6.45, 7) is 5.69. The van der Waals surface area contributed by atoms with Crippen LogP contribution in [0.2, 0.25) is 6.04 Å². The molecule has 0 atom stereocenters. The monoisotopic (exact) mass is 266 g/mol. The second-order valence-electron chi connectivity index (χ2n) is 4.43. The molecule has 1 rings (SSSR count). The summed E-state index contributed by atoms with van der Waals surface area (Å²) < 4.78 is 11.3. The zero-order valence-corrected chi connectivity index (χ0v) is 12.9. The molecule has 102 valence electrons. The van der Waals surface area contributed by atoms with Crippen LogP contribution >= 0.6 is 0 Å². The second-order valence-corrected chi connectivity index (χ2v) is 6.53. The number of unbranched alkanes of at least 4 members (excludes halogenated alkanes) is 2. The van der Waals surface area contributed by atoms with Crippen LogP contribution in [-0.2, 0) is 15.3 Å². The predicted octanol–water partition coefficient (Wildman–Crippen LogP) is 3.69. The fraction of sp³-hybridized carbons (Fsp3) is 0.600. The molecule has 0 unspecified atom stereocenters. The largest absolute Gasteiger partial charge is 0.397 e. The number of hydrogen-bond donors (Lipinski definition) is 0. The summed E-state index contributed by atoms with van der Waals surface area (Å²) in [5.41, 5.74) is 1.45. The number of rotatable bonds is 10. The van der Waals surface area contributed by atoms with E-state index in [0.29, 0.717) is 0 Å². The smallest absolute Gasteiger partial charge is 0.321 e. The molecule has 1 aromatic carbocycles. The summed E-state index contributed by atoms with van der Waals surface area (Å²) in [5, 5.41) is 0. The molecule has 0 bridgehead atoms. The molecule has 2 nitrogen and oxygen atoms in total. The first kappa shape index (κ1) is 15.4. The normalized spacial score (nSPS) is 11.1. The van der Waals surface area contributed by atoms with Gasteiger partial charge in [0.1, 0.15) is 0 Å². The molecule has 3 heteroatoms. The summed E-state index contributed by atoms with van der Waals surface area (Å²) in [5.74, 6) is 0. The van der Waals surface area contributed by atoms with Gasteiger partial charge < -0.3 is 8.85 Å². The van der Waals surface area contributed by atoms with Crippen LogP contribution in [0.4, 0.5) is 0 Å². The first-order valence-corrected chi connectivity index (χ1v) is 8.89. The molecule has 0 heterocycles.